The Bertz CT molecular complexity index is 828. The first-order valence-corrected chi connectivity index (χ1v) is 10.0. The predicted octanol–water partition coefficient (Wildman–Crippen LogP) is 2.49. The Morgan fingerprint density at radius 1 is 0.966 bits per heavy atom. The van der Waals surface area contributed by atoms with Crippen LogP contribution in [0, 0.1) is 0 Å². The molecule has 0 bridgehead atoms. The summed E-state index contributed by atoms with van der Waals surface area (Å²) in [6.45, 7) is 1.27. The molecule has 0 aromatic heterocycles. The molecule has 0 fully saturated rings. The summed E-state index contributed by atoms with van der Waals surface area (Å²) >= 11 is 1.32. The van der Waals surface area contributed by atoms with Gasteiger partial charge in [0, 0.05) is 25.1 Å². The summed E-state index contributed by atoms with van der Waals surface area (Å²) in [6, 6.07) is 12.7. The van der Waals surface area contributed by atoms with Gasteiger partial charge in [-0.25, -0.2) is 0 Å². The fourth-order valence-electron chi connectivity index (χ4n) is 2.54. The van der Waals surface area contributed by atoms with E-state index in [-0.39, 0.29) is 17.6 Å². The molecule has 2 N–H and O–H groups in total. The molecule has 0 radical (unpaired) electrons. The van der Waals surface area contributed by atoms with Crippen molar-refractivity contribution in [1.82, 2.24) is 10.6 Å². The van der Waals surface area contributed by atoms with Gasteiger partial charge in [-0.1, -0.05) is 18.2 Å². The molecule has 0 atom stereocenters. The molecule has 8 heteroatoms. The molecule has 2 aromatic carbocycles. The van der Waals surface area contributed by atoms with E-state index in [0.717, 1.165) is 10.5 Å². The molecule has 0 heterocycles. The van der Waals surface area contributed by atoms with E-state index in [4.69, 9.17) is 14.2 Å². The fourth-order valence-corrected chi connectivity index (χ4v) is 3.41. The molecule has 0 spiro atoms. The van der Waals surface area contributed by atoms with Crippen molar-refractivity contribution in [3.05, 3.63) is 53.6 Å². The molecule has 0 aliphatic carbocycles. The zero-order valence-corrected chi connectivity index (χ0v) is 17.6. The van der Waals surface area contributed by atoms with Crippen LogP contribution in [0.15, 0.2) is 47.4 Å². The van der Waals surface area contributed by atoms with E-state index in [1.807, 2.05) is 24.3 Å². The molecule has 0 saturated carbocycles. The van der Waals surface area contributed by atoms with Crippen molar-refractivity contribution in [2.75, 3.05) is 40.2 Å². The summed E-state index contributed by atoms with van der Waals surface area (Å²) in [5.74, 6) is 1.15. The van der Waals surface area contributed by atoms with Crippen molar-refractivity contribution in [2.45, 2.75) is 11.4 Å². The third kappa shape index (κ3) is 6.99. The number of thioether (sulfide) groups is 1. The van der Waals surface area contributed by atoms with Gasteiger partial charge in [0.05, 0.1) is 32.1 Å². The van der Waals surface area contributed by atoms with E-state index in [0.29, 0.717) is 36.8 Å². The molecule has 0 unspecified atom stereocenters. The van der Waals surface area contributed by atoms with Crippen LogP contribution >= 0.6 is 11.8 Å². The first kappa shape index (κ1) is 22.6. The summed E-state index contributed by atoms with van der Waals surface area (Å²) < 4.78 is 15.4. The second kappa shape index (κ2) is 12.0. The number of benzene rings is 2. The number of rotatable bonds is 11. The topological polar surface area (TPSA) is 85.9 Å². The summed E-state index contributed by atoms with van der Waals surface area (Å²) in [5.41, 5.74) is 1.42. The lowest BCUT2D eigenvalue weighted by molar-refractivity contribution is -0.118. The third-order valence-corrected chi connectivity index (χ3v) is 5.09. The minimum absolute atomic E-state index is 0.104. The standard InChI is InChI=1S/C21H26N2O5S/c1-26-11-10-22-20(24)14-29-19-7-5-4-6-16(19)21(25)23-13-15-8-9-17(27-2)18(12-15)28-3/h4-9,12H,10-11,13-14H2,1-3H3,(H,22,24)(H,23,25). The van der Waals surface area contributed by atoms with E-state index in [2.05, 4.69) is 10.6 Å². The van der Waals surface area contributed by atoms with E-state index in [1.54, 1.807) is 39.5 Å². The second-order valence-electron chi connectivity index (χ2n) is 6.00. The number of amides is 2. The zero-order valence-electron chi connectivity index (χ0n) is 16.8. The smallest absolute Gasteiger partial charge is 0.252 e. The minimum Gasteiger partial charge on any atom is -0.493 e. The molecule has 2 rings (SSSR count). The number of ether oxygens (including phenoxy) is 3. The van der Waals surface area contributed by atoms with Gasteiger partial charge in [0.15, 0.2) is 11.5 Å². The van der Waals surface area contributed by atoms with Crippen LogP contribution in [0.25, 0.3) is 0 Å². The molecule has 0 aliphatic heterocycles. The SMILES string of the molecule is COCCNC(=O)CSc1ccccc1C(=O)NCc1ccc(OC)c(OC)c1. The van der Waals surface area contributed by atoms with Crippen molar-refractivity contribution in [2.24, 2.45) is 0 Å². The van der Waals surface area contributed by atoms with E-state index >= 15 is 0 Å². The molecule has 0 aliphatic rings. The Morgan fingerprint density at radius 3 is 2.45 bits per heavy atom. The number of methoxy groups -OCH3 is 3. The second-order valence-corrected chi connectivity index (χ2v) is 7.02. The monoisotopic (exact) mass is 418 g/mol. The Labute approximate surface area is 175 Å². The lowest BCUT2D eigenvalue weighted by Crippen LogP contribution is -2.28. The first-order valence-electron chi connectivity index (χ1n) is 9.05. The molecule has 2 amide bonds. The van der Waals surface area contributed by atoms with Gasteiger partial charge in [0.25, 0.3) is 5.91 Å². The van der Waals surface area contributed by atoms with Gasteiger partial charge in [-0.05, 0) is 29.8 Å². The van der Waals surface area contributed by atoms with Crippen molar-refractivity contribution in [3.8, 4) is 11.5 Å². The number of hydrogen-bond donors (Lipinski definition) is 2. The minimum atomic E-state index is -0.206. The Kier molecular flexibility index (Phi) is 9.33. The molecular weight excluding hydrogens is 392 g/mol. The van der Waals surface area contributed by atoms with Gasteiger partial charge in [0.1, 0.15) is 0 Å². The van der Waals surface area contributed by atoms with Crippen molar-refractivity contribution >= 4 is 23.6 Å². The summed E-state index contributed by atoms with van der Waals surface area (Å²) in [4.78, 5) is 25.3. The van der Waals surface area contributed by atoms with Crippen LogP contribution in [-0.2, 0) is 16.1 Å². The van der Waals surface area contributed by atoms with Gasteiger partial charge >= 0.3 is 0 Å². The van der Waals surface area contributed by atoms with Crippen LogP contribution in [0.5, 0.6) is 11.5 Å². The number of nitrogens with one attached hydrogen (secondary N) is 2. The highest BCUT2D eigenvalue weighted by molar-refractivity contribution is 8.00. The van der Waals surface area contributed by atoms with Crippen molar-refractivity contribution < 1.29 is 23.8 Å². The van der Waals surface area contributed by atoms with Crippen molar-refractivity contribution in [1.29, 1.82) is 0 Å². The van der Waals surface area contributed by atoms with Crippen LogP contribution in [0.4, 0.5) is 0 Å². The Balaban J connectivity index is 1.96. The van der Waals surface area contributed by atoms with Gasteiger partial charge in [-0.15, -0.1) is 11.8 Å². The van der Waals surface area contributed by atoms with Crippen LogP contribution in [0.1, 0.15) is 15.9 Å². The maximum Gasteiger partial charge on any atom is 0.252 e. The summed E-state index contributed by atoms with van der Waals surface area (Å²) in [7, 11) is 4.72. The average Bonchev–Trinajstić information content (AvgIpc) is 2.76. The number of carbonyl (C=O) groups is 2. The molecule has 7 nitrogen and oxygen atoms in total. The predicted molar refractivity (Wildman–Crippen MR) is 113 cm³/mol. The highest BCUT2D eigenvalue weighted by Crippen LogP contribution is 2.27. The zero-order chi connectivity index (χ0) is 21.1. The maximum atomic E-state index is 12.7. The molecule has 156 valence electrons. The van der Waals surface area contributed by atoms with E-state index in [1.165, 1.54) is 11.8 Å². The normalized spacial score (nSPS) is 10.3. The average molecular weight is 419 g/mol. The Morgan fingerprint density at radius 2 is 1.72 bits per heavy atom. The lowest BCUT2D eigenvalue weighted by atomic mass is 10.1. The maximum absolute atomic E-state index is 12.7. The van der Waals surface area contributed by atoms with Gasteiger partial charge in [-0.3, -0.25) is 9.59 Å². The Hall–Kier alpha value is -2.71. The quantitative estimate of drug-likeness (QED) is 0.431. The van der Waals surface area contributed by atoms with Gasteiger partial charge < -0.3 is 24.8 Å². The first-order chi connectivity index (χ1) is 14.1. The van der Waals surface area contributed by atoms with Crippen molar-refractivity contribution in [3.63, 3.8) is 0 Å². The lowest BCUT2D eigenvalue weighted by Gasteiger charge is -2.12. The van der Waals surface area contributed by atoms with E-state index < -0.39 is 0 Å². The van der Waals surface area contributed by atoms with Crippen LogP contribution in [0.3, 0.4) is 0 Å². The summed E-state index contributed by atoms with van der Waals surface area (Å²) in [5, 5.41) is 5.67. The number of hydrogen-bond acceptors (Lipinski definition) is 6. The highest BCUT2D eigenvalue weighted by Gasteiger charge is 2.13. The van der Waals surface area contributed by atoms with Crippen LogP contribution < -0.4 is 20.1 Å². The molecule has 0 saturated heterocycles. The van der Waals surface area contributed by atoms with Gasteiger partial charge in [0.2, 0.25) is 5.91 Å². The largest absolute Gasteiger partial charge is 0.493 e. The fraction of sp³-hybridized carbons (Fsp3) is 0.333. The van der Waals surface area contributed by atoms with Gasteiger partial charge in [-0.2, -0.15) is 0 Å². The molecule has 2 aromatic rings. The molecular formula is C21H26N2O5S. The van der Waals surface area contributed by atoms with E-state index in [9.17, 15) is 9.59 Å². The highest BCUT2D eigenvalue weighted by atomic mass is 32.2. The summed E-state index contributed by atoms with van der Waals surface area (Å²) in [6.07, 6.45) is 0. The van der Waals surface area contributed by atoms with Crippen LogP contribution in [-0.4, -0.2) is 52.0 Å². The molecule has 29 heavy (non-hydrogen) atoms. The number of carbonyl (C=O) groups excluding carboxylic acids is 2. The van der Waals surface area contributed by atoms with Crippen LogP contribution in [0.2, 0.25) is 0 Å². The third-order valence-electron chi connectivity index (χ3n) is 4.02.